The van der Waals surface area contributed by atoms with Gasteiger partial charge in [-0.15, -0.1) is 0 Å². The minimum atomic E-state index is 0.00458. The molecule has 90 valence electrons. The molecule has 4 heteroatoms. The fourth-order valence-electron chi connectivity index (χ4n) is 1.79. The number of hydrogen-bond acceptors (Lipinski definition) is 2. The Labute approximate surface area is 111 Å². The summed E-state index contributed by atoms with van der Waals surface area (Å²) in [6.07, 6.45) is 3.36. The zero-order valence-electron chi connectivity index (χ0n) is 9.41. The molecule has 1 unspecified atom stereocenters. The normalized spacial score (nSPS) is 12.6. The lowest BCUT2D eigenvalue weighted by molar-refractivity contribution is 0.553. The summed E-state index contributed by atoms with van der Waals surface area (Å²) >= 11 is 12.3. The Bertz CT molecular complexity index is 482. The fraction of sp³-hybridized carbons (Fsp3) is 0.231. The highest BCUT2D eigenvalue weighted by Crippen LogP contribution is 2.33. The molecule has 2 nitrogen and oxygen atoms in total. The summed E-state index contributed by atoms with van der Waals surface area (Å²) in [4.78, 5) is 0. The first-order valence-corrected chi connectivity index (χ1v) is 6.19. The minimum Gasteiger partial charge on any atom is -0.472 e. The molecule has 0 fully saturated rings. The van der Waals surface area contributed by atoms with Gasteiger partial charge in [0.15, 0.2) is 0 Å². The lowest BCUT2D eigenvalue weighted by Crippen LogP contribution is -2.21. The number of halogens is 2. The monoisotopic (exact) mass is 269 g/mol. The smallest absolute Gasteiger partial charge is 0.0953 e. The third-order valence-electron chi connectivity index (χ3n) is 2.58. The van der Waals surface area contributed by atoms with Gasteiger partial charge >= 0.3 is 0 Å². The van der Waals surface area contributed by atoms with Crippen molar-refractivity contribution in [1.82, 2.24) is 5.32 Å². The average Bonchev–Trinajstić information content (AvgIpc) is 2.84. The number of benzene rings is 1. The number of furan rings is 1. The fourth-order valence-corrected chi connectivity index (χ4v) is 2.21. The highest BCUT2D eigenvalue weighted by Gasteiger charge is 2.18. The zero-order chi connectivity index (χ0) is 12.3. The Morgan fingerprint density at radius 3 is 2.76 bits per heavy atom. The van der Waals surface area contributed by atoms with Crippen LogP contribution in [-0.4, -0.2) is 6.54 Å². The second kappa shape index (κ2) is 5.58. The van der Waals surface area contributed by atoms with Crippen LogP contribution in [-0.2, 0) is 0 Å². The first-order chi connectivity index (χ1) is 8.24. The van der Waals surface area contributed by atoms with Gasteiger partial charge in [-0.2, -0.15) is 0 Å². The van der Waals surface area contributed by atoms with Crippen LogP contribution in [0.15, 0.2) is 41.2 Å². The van der Waals surface area contributed by atoms with Crippen LogP contribution in [0.3, 0.4) is 0 Å². The first kappa shape index (κ1) is 12.5. The Morgan fingerprint density at radius 1 is 1.29 bits per heavy atom. The Balaban J connectivity index is 2.43. The van der Waals surface area contributed by atoms with E-state index in [1.54, 1.807) is 18.6 Å². The summed E-state index contributed by atoms with van der Waals surface area (Å²) in [6, 6.07) is 7.57. The van der Waals surface area contributed by atoms with E-state index < -0.39 is 0 Å². The predicted molar refractivity (Wildman–Crippen MR) is 70.7 cm³/mol. The molecule has 0 radical (unpaired) electrons. The van der Waals surface area contributed by atoms with Gasteiger partial charge in [0.25, 0.3) is 0 Å². The van der Waals surface area contributed by atoms with Gasteiger partial charge in [0.1, 0.15) is 0 Å². The molecule has 0 amide bonds. The molecule has 1 aromatic heterocycles. The van der Waals surface area contributed by atoms with E-state index in [9.17, 15) is 0 Å². The summed E-state index contributed by atoms with van der Waals surface area (Å²) in [5.74, 6) is 0. The first-order valence-electron chi connectivity index (χ1n) is 5.43. The second-order valence-corrected chi connectivity index (χ2v) is 4.48. The van der Waals surface area contributed by atoms with Gasteiger partial charge in [0.05, 0.1) is 28.6 Å². The Hall–Kier alpha value is -0.960. The van der Waals surface area contributed by atoms with Crippen LogP contribution in [0.5, 0.6) is 0 Å². The van der Waals surface area contributed by atoms with E-state index in [4.69, 9.17) is 27.6 Å². The zero-order valence-corrected chi connectivity index (χ0v) is 10.9. The van der Waals surface area contributed by atoms with Crippen molar-refractivity contribution in [2.75, 3.05) is 6.54 Å². The molecule has 1 heterocycles. The molecule has 0 saturated carbocycles. The number of hydrogen-bond donors (Lipinski definition) is 1. The molecule has 2 rings (SSSR count). The molecule has 0 aliphatic rings. The van der Waals surface area contributed by atoms with Crippen LogP contribution >= 0.6 is 23.2 Å². The average molecular weight is 270 g/mol. The molecule has 1 N–H and O–H groups in total. The molecule has 0 aliphatic heterocycles. The predicted octanol–water partition coefficient (Wildman–Crippen LogP) is 4.29. The molecule has 1 atom stereocenters. The molecule has 0 bridgehead atoms. The highest BCUT2D eigenvalue weighted by atomic mass is 35.5. The standard InChI is InChI=1S/C13H13Cl2NO/c1-2-16-13(9-6-7-17-8-9)10-4-3-5-11(14)12(10)15/h3-8,13,16H,2H2,1H3. The van der Waals surface area contributed by atoms with Crippen molar-refractivity contribution in [3.05, 3.63) is 58.0 Å². The van der Waals surface area contributed by atoms with Gasteiger partial charge in [-0.25, -0.2) is 0 Å². The summed E-state index contributed by atoms with van der Waals surface area (Å²) < 4.78 is 5.12. The van der Waals surface area contributed by atoms with E-state index in [0.29, 0.717) is 10.0 Å². The maximum absolute atomic E-state index is 6.24. The SMILES string of the molecule is CCNC(c1ccoc1)c1cccc(Cl)c1Cl. The molecule has 0 saturated heterocycles. The van der Waals surface area contributed by atoms with Gasteiger partial charge in [-0.1, -0.05) is 42.3 Å². The third kappa shape index (κ3) is 2.65. The summed E-state index contributed by atoms with van der Waals surface area (Å²) in [5, 5.41) is 4.52. The molecular formula is C13H13Cl2NO. The molecule has 0 spiro atoms. The van der Waals surface area contributed by atoms with Gasteiger partial charge < -0.3 is 9.73 Å². The molecular weight excluding hydrogens is 257 g/mol. The maximum Gasteiger partial charge on any atom is 0.0953 e. The van der Waals surface area contributed by atoms with E-state index >= 15 is 0 Å². The van der Waals surface area contributed by atoms with E-state index in [1.807, 2.05) is 25.1 Å². The van der Waals surface area contributed by atoms with Crippen molar-refractivity contribution in [2.24, 2.45) is 0 Å². The van der Waals surface area contributed by atoms with Gasteiger partial charge in [-0.05, 0) is 24.2 Å². The van der Waals surface area contributed by atoms with Gasteiger partial charge in [0.2, 0.25) is 0 Å². The van der Waals surface area contributed by atoms with Crippen LogP contribution in [0.4, 0.5) is 0 Å². The van der Waals surface area contributed by atoms with Gasteiger partial charge in [0, 0.05) is 5.56 Å². The quantitative estimate of drug-likeness (QED) is 0.896. The molecule has 17 heavy (non-hydrogen) atoms. The lowest BCUT2D eigenvalue weighted by atomic mass is 10.0. The topological polar surface area (TPSA) is 25.2 Å². The molecule has 1 aromatic carbocycles. The minimum absolute atomic E-state index is 0.00458. The van der Waals surface area contributed by atoms with E-state index in [2.05, 4.69) is 5.32 Å². The summed E-state index contributed by atoms with van der Waals surface area (Å²) in [7, 11) is 0. The summed E-state index contributed by atoms with van der Waals surface area (Å²) in [5.41, 5.74) is 2.00. The Morgan fingerprint density at radius 2 is 2.12 bits per heavy atom. The van der Waals surface area contributed by atoms with Crippen LogP contribution in [0.2, 0.25) is 10.0 Å². The van der Waals surface area contributed by atoms with Crippen LogP contribution in [0, 0.1) is 0 Å². The third-order valence-corrected chi connectivity index (χ3v) is 3.41. The lowest BCUT2D eigenvalue weighted by Gasteiger charge is -2.18. The molecule has 0 aliphatic carbocycles. The number of rotatable bonds is 4. The van der Waals surface area contributed by atoms with Crippen molar-refractivity contribution in [1.29, 1.82) is 0 Å². The van der Waals surface area contributed by atoms with Crippen LogP contribution < -0.4 is 5.32 Å². The van der Waals surface area contributed by atoms with E-state index in [0.717, 1.165) is 17.7 Å². The second-order valence-electron chi connectivity index (χ2n) is 3.69. The maximum atomic E-state index is 6.24. The summed E-state index contributed by atoms with van der Waals surface area (Å²) in [6.45, 7) is 2.88. The van der Waals surface area contributed by atoms with Crippen molar-refractivity contribution >= 4 is 23.2 Å². The van der Waals surface area contributed by atoms with Crippen molar-refractivity contribution in [3.63, 3.8) is 0 Å². The molecule has 2 aromatic rings. The van der Waals surface area contributed by atoms with Crippen molar-refractivity contribution in [3.8, 4) is 0 Å². The van der Waals surface area contributed by atoms with E-state index in [-0.39, 0.29) is 6.04 Å². The van der Waals surface area contributed by atoms with E-state index in [1.165, 1.54) is 0 Å². The van der Waals surface area contributed by atoms with Crippen molar-refractivity contribution < 1.29 is 4.42 Å². The van der Waals surface area contributed by atoms with Gasteiger partial charge in [-0.3, -0.25) is 0 Å². The largest absolute Gasteiger partial charge is 0.472 e. The highest BCUT2D eigenvalue weighted by molar-refractivity contribution is 6.42. The van der Waals surface area contributed by atoms with Crippen LogP contribution in [0.25, 0.3) is 0 Å². The van der Waals surface area contributed by atoms with Crippen LogP contribution in [0.1, 0.15) is 24.1 Å². The number of nitrogens with one attached hydrogen (secondary N) is 1. The van der Waals surface area contributed by atoms with Crippen molar-refractivity contribution in [2.45, 2.75) is 13.0 Å². The Kier molecular flexibility index (Phi) is 4.11.